The van der Waals surface area contributed by atoms with Crippen molar-refractivity contribution in [3.63, 3.8) is 0 Å². The maximum absolute atomic E-state index is 12.6. The van der Waals surface area contributed by atoms with Crippen LogP contribution in [0.5, 0.6) is 11.5 Å². The molecular weight excluding hydrogens is 452 g/mol. The summed E-state index contributed by atoms with van der Waals surface area (Å²) in [5.41, 5.74) is 0.507. The summed E-state index contributed by atoms with van der Waals surface area (Å²) in [6.45, 7) is 2.64. The maximum Gasteiger partial charge on any atom is 0.343 e. The van der Waals surface area contributed by atoms with Crippen molar-refractivity contribution in [2.45, 2.75) is 19.8 Å². The number of amides is 1. The minimum atomic E-state index is -0.753. The molecule has 0 saturated carbocycles. The lowest BCUT2D eigenvalue weighted by atomic mass is 10.1. The van der Waals surface area contributed by atoms with Gasteiger partial charge in [0.05, 0.1) is 22.5 Å². The number of nitrogens with zero attached hydrogens (tertiary/aromatic N) is 2. The van der Waals surface area contributed by atoms with E-state index in [1.807, 2.05) is 6.92 Å². The van der Waals surface area contributed by atoms with Crippen LogP contribution in [0.2, 0.25) is 0 Å². The molecule has 10 heteroatoms. The number of esters is 1. The first kappa shape index (κ1) is 23.4. The number of thiocarbonyl (C=S) groups is 1. The molecule has 1 amide bonds. The monoisotopic (exact) mass is 472 g/mol. The third kappa shape index (κ3) is 5.32. The van der Waals surface area contributed by atoms with Gasteiger partial charge in [0.2, 0.25) is 0 Å². The van der Waals surface area contributed by atoms with E-state index in [0.29, 0.717) is 21.3 Å². The number of non-ortho nitro benzene ring substituents is 1. The standard InChI is InChI=1S/C22H20N2O6S2/c1-3-4-10-23-20(25)19(32-22(23)31)12-14-8-9-17(18(11-14)29-2)30-21(26)15-6-5-7-16(13-15)24(27)28/h5-9,11-13H,3-4,10H2,1-2H3. The fraction of sp³-hybridized carbons (Fsp3) is 0.227. The normalized spacial score (nSPS) is 14.7. The largest absolute Gasteiger partial charge is 0.493 e. The average Bonchev–Trinajstić information content (AvgIpc) is 3.05. The summed E-state index contributed by atoms with van der Waals surface area (Å²) in [6.07, 6.45) is 3.54. The second kappa shape index (κ2) is 10.4. The quantitative estimate of drug-likeness (QED) is 0.135. The van der Waals surface area contributed by atoms with Crippen LogP contribution in [0.25, 0.3) is 6.08 Å². The zero-order chi connectivity index (χ0) is 23.3. The Morgan fingerprint density at radius 2 is 2.03 bits per heavy atom. The number of ether oxygens (including phenoxy) is 2. The molecule has 166 valence electrons. The number of methoxy groups -OCH3 is 1. The van der Waals surface area contributed by atoms with Crippen LogP contribution in [0.4, 0.5) is 5.69 Å². The Hall–Kier alpha value is -3.24. The molecule has 0 aromatic heterocycles. The number of hydrogen-bond acceptors (Lipinski definition) is 8. The van der Waals surface area contributed by atoms with Crippen LogP contribution < -0.4 is 9.47 Å². The van der Waals surface area contributed by atoms with Gasteiger partial charge in [-0.2, -0.15) is 0 Å². The number of unbranched alkanes of at least 4 members (excludes halogenated alkanes) is 1. The molecule has 1 heterocycles. The van der Waals surface area contributed by atoms with Crippen LogP contribution in [-0.4, -0.2) is 39.7 Å². The number of nitro groups is 1. The van der Waals surface area contributed by atoms with Gasteiger partial charge in [-0.15, -0.1) is 0 Å². The molecule has 0 atom stereocenters. The number of nitro benzene ring substituents is 1. The van der Waals surface area contributed by atoms with E-state index in [2.05, 4.69) is 0 Å². The fourth-order valence-electron chi connectivity index (χ4n) is 2.92. The van der Waals surface area contributed by atoms with E-state index in [-0.39, 0.29) is 28.7 Å². The van der Waals surface area contributed by atoms with Crippen LogP contribution in [0.3, 0.4) is 0 Å². The molecule has 1 aliphatic heterocycles. The van der Waals surface area contributed by atoms with Crippen LogP contribution in [-0.2, 0) is 4.79 Å². The van der Waals surface area contributed by atoms with E-state index >= 15 is 0 Å². The summed E-state index contributed by atoms with van der Waals surface area (Å²) in [5, 5.41) is 10.9. The Balaban J connectivity index is 1.79. The molecule has 0 bridgehead atoms. The highest BCUT2D eigenvalue weighted by atomic mass is 32.2. The van der Waals surface area contributed by atoms with Crippen molar-refractivity contribution in [3.05, 3.63) is 68.6 Å². The number of carbonyl (C=O) groups excluding carboxylic acids is 2. The van der Waals surface area contributed by atoms with Gasteiger partial charge in [-0.05, 0) is 36.3 Å². The molecule has 1 saturated heterocycles. The molecule has 2 aromatic carbocycles. The van der Waals surface area contributed by atoms with Gasteiger partial charge in [0.25, 0.3) is 11.6 Å². The van der Waals surface area contributed by atoms with Gasteiger partial charge < -0.3 is 9.47 Å². The SMILES string of the molecule is CCCCN1C(=O)C(=Cc2ccc(OC(=O)c3cccc([N+](=O)[O-])c3)c(OC)c2)SC1=S. The average molecular weight is 473 g/mol. The molecule has 32 heavy (non-hydrogen) atoms. The van der Waals surface area contributed by atoms with Crippen molar-refractivity contribution in [2.75, 3.05) is 13.7 Å². The summed E-state index contributed by atoms with van der Waals surface area (Å²) in [5.74, 6) is -0.458. The van der Waals surface area contributed by atoms with Gasteiger partial charge in [-0.3, -0.25) is 19.8 Å². The predicted molar refractivity (Wildman–Crippen MR) is 126 cm³/mol. The molecule has 0 aliphatic carbocycles. The highest BCUT2D eigenvalue weighted by Crippen LogP contribution is 2.35. The number of benzene rings is 2. The van der Waals surface area contributed by atoms with Crippen molar-refractivity contribution < 1.29 is 24.0 Å². The second-order valence-corrected chi connectivity index (χ2v) is 8.47. The van der Waals surface area contributed by atoms with Crippen molar-refractivity contribution in [1.82, 2.24) is 4.90 Å². The van der Waals surface area contributed by atoms with E-state index < -0.39 is 10.9 Å². The molecule has 0 unspecified atom stereocenters. The maximum atomic E-state index is 12.6. The lowest BCUT2D eigenvalue weighted by Gasteiger charge is -2.13. The molecule has 0 spiro atoms. The van der Waals surface area contributed by atoms with Gasteiger partial charge in [0.15, 0.2) is 11.5 Å². The fourth-order valence-corrected chi connectivity index (χ4v) is 4.23. The van der Waals surface area contributed by atoms with E-state index in [1.54, 1.807) is 23.1 Å². The van der Waals surface area contributed by atoms with Gasteiger partial charge in [-0.25, -0.2) is 4.79 Å². The predicted octanol–water partition coefficient (Wildman–Crippen LogP) is 4.82. The van der Waals surface area contributed by atoms with Crippen molar-refractivity contribution in [1.29, 1.82) is 0 Å². The van der Waals surface area contributed by atoms with Crippen LogP contribution >= 0.6 is 24.0 Å². The van der Waals surface area contributed by atoms with Crippen LogP contribution in [0, 0.1) is 10.1 Å². The van der Waals surface area contributed by atoms with E-state index in [0.717, 1.165) is 18.9 Å². The minimum Gasteiger partial charge on any atom is -0.493 e. The number of thioether (sulfide) groups is 1. The van der Waals surface area contributed by atoms with Gasteiger partial charge in [-0.1, -0.05) is 49.5 Å². The summed E-state index contributed by atoms with van der Waals surface area (Å²) in [4.78, 5) is 37.5. The van der Waals surface area contributed by atoms with Crippen molar-refractivity contribution in [2.24, 2.45) is 0 Å². The summed E-state index contributed by atoms with van der Waals surface area (Å²) in [7, 11) is 1.42. The minimum absolute atomic E-state index is 0.0427. The highest BCUT2D eigenvalue weighted by Gasteiger charge is 2.31. The van der Waals surface area contributed by atoms with Gasteiger partial charge in [0, 0.05) is 18.7 Å². The zero-order valence-corrected chi connectivity index (χ0v) is 19.0. The summed E-state index contributed by atoms with van der Waals surface area (Å²) in [6, 6.07) is 10.1. The first-order chi connectivity index (χ1) is 15.3. The first-order valence-electron chi connectivity index (χ1n) is 9.74. The lowest BCUT2D eigenvalue weighted by molar-refractivity contribution is -0.384. The molecule has 8 nitrogen and oxygen atoms in total. The van der Waals surface area contributed by atoms with Gasteiger partial charge in [0.1, 0.15) is 4.32 Å². The molecule has 3 rings (SSSR count). The number of rotatable bonds is 8. The Morgan fingerprint density at radius 1 is 1.25 bits per heavy atom. The molecule has 0 radical (unpaired) electrons. The first-order valence-corrected chi connectivity index (χ1v) is 11.0. The summed E-state index contributed by atoms with van der Waals surface area (Å²) >= 11 is 6.56. The van der Waals surface area contributed by atoms with E-state index in [4.69, 9.17) is 21.7 Å². The van der Waals surface area contributed by atoms with Crippen molar-refractivity contribution in [3.8, 4) is 11.5 Å². The number of hydrogen-bond donors (Lipinski definition) is 0. The zero-order valence-electron chi connectivity index (χ0n) is 17.4. The van der Waals surface area contributed by atoms with Gasteiger partial charge >= 0.3 is 5.97 Å². The molecular formula is C22H20N2O6S2. The summed E-state index contributed by atoms with van der Waals surface area (Å²) < 4.78 is 11.2. The molecule has 0 N–H and O–H groups in total. The molecule has 1 fully saturated rings. The van der Waals surface area contributed by atoms with Crippen molar-refractivity contribution >= 4 is 51.9 Å². The second-order valence-electron chi connectivity index (χ2n) is 6.79. The molecule has 1 aliphatic rings. The Labute approximate surface area is 194 Å². The Kier molecular flexibility index (Phi) is 7.60. The molecule has 2 aromatic rings. The third-order valence-electron chi connectivity index (χ3n) is 4.59. The Bertz CT molecular complexity index is 1120. The Morgan fingerprint density at radius 3 is 2.72 bits per heavy atom. The smallest absolute Gasteiger partial charge is 0.343 e. The van der Waals surface area contributed by atoms with E-state index in [1.165, 1.54) is 43.1 Å². The topological polar surface area (TPSA) is 99.0 Å². The number of carbonyl (C=O) groups is 2. The van der Waals surface area contributed by atoms with E-state index in [9.17, 15) is 19.7 Å². The third-order valence-corrected chi connectivity index (χ3v) is 5.97. The highest BCUT2D eigenvalue weighted by molar-refractivity contribution is 8.26. The van der Waals surface area contributed by atoms with Crippen LogP contribution in [0.1, 0.15) is 35.7 Å². The van der Waals surface area contributed by atoms with Crippen LogP contribution in [0.15, 0.2) is 47.4 Å². The lowest BCUT2D eigenvalue weighted by Crippen LogP contribution is -2.28.